The number of anilines is 1. The minimum Gasteiger partial charge on any atom is -0.497 e. The van der Waals surface area contributed by atoms with Crippen molar-refractivity contribution in [3.05, 3.63) is 48.4 Å². The lowest BCUT2D eigenvalue weighted by atomic mass is 10.2. The molecule has 108 valence electrons. The summed E-state index contributed by atoms with van der Waals surface area (Å²) in [7, 11) is 3.53. The van der Waals surface area contributed by atoms with Gasteiger partial charge in [0.25, 0.3) is 0 Å². The highest BCUT2D eigenvalue weighted by atomic mass is 16.5. The fraction of sp³-hybridized carbons (Fsp3) is 0.200. The molecule has 2 N–H and O–H groups in total. The summed E-state index contributed by atoms with van der Waals surface area (Å²) in [5, 5.41) is 8.52. The summed E-state index contributed by atoms with van der Waals surface area (Å²) in [5.41, 5.74) is 9.17. The van der Waals surface area contributed by atoms with Crippen LogP contribution in [0.5, 0.6) is 5.75 Å². The van der Waals surface area contributed by atoms with Crippen LogP contribution in [0.25, 0.3) is 11.1 Å². The van der Waals surface area contributed by atoms with Gasteiger partial charge in [-0.3, -0.25) is 4.68 Å². The Morgan fingerprint density at radius 3 is 2.52 bits per heavy atom. The minimum atomic E-state index is 0.621. The van der Waals surface area contributed by atoms with Gasteiger partial charge in [-0.05, 0) is 17.7 Å². The van der Waals surface area contributed by atoms with Gasteiger partial charge in [0.1, 0.15) is 11.6 Å². The molecule has 0 saturated heterocycles. The van der Waals surface area contributed by atoms with Crippen molar-refractivity contribution in [3.8, 4) is 16.9 Å². The monoisotopic (exact) mass is 283 g/mol. The van der Waals surface area contributed by atoms with Gasteiger partial charge in [0.15, 0.2) is 0 Å². The molecule has 3 rings (SSSR count). The first kappa shape index (κ1) is 13.2. The SMILES string of the molecule is COc1ccc(Cn2ncc(-c3cnn(C)c3)c2N)cc1. The number of nitrogens with zero attached hydrogens (tertiary/aromatic N) is 4. The molecule has 0 amide bonds. The molecule has 0 aliphatic heterocycles. The standard InChI is InChI=1S/C15H17N5O/c1-19-10-12(7-17-19)14-8-18-20(15(14)16)9-11-3-5-13(21-2)6-4-11/h3-8,10H,9,16H2,1-2H3. The summed E-state index contributed by atoms with van der Waals surface area (Å²) in [6, 6.07) is 7.86. The van der Waals surface area contributed by atoms with E-state index >= 15 is 0 Å². The summed E-state index contributed by atoms with van der Waals surface area (Å²) < 4.78 is 8.68. The topological polar surface area (TPSA) is 70.9 Å². The number of methoxy groups -OCH3 is 1. The van der Waals surface area contributed by atoms with Gasteiger partial charge >= 0.3 is 0 Å². The quantitative estimate of drug-likeness (QED) is 0.794. The highest BCUT2D eigenvalue weighted by Crippen LogP contribution is 2.25. The predicted octanol–water partition coefficient (Wildman–Crippen LogP) is 1.92. The van der Waals surface area contributed by atoms with Crippen LogP contribution in [0.2, 0.25) is 0 Å². The Hall–Kier alpha value is -2.76. The lowest BCUT2D eigenvalue weighted by Crippen LogP contribution is -2.06. The molecule has 0 bridgehead atoms. The van der Waals surface area contributed by atoms with E-state index in [0.717, 1.165) is 22.4 Å². The van der Waals surface area contributed by atoms with Gasteiger partial charge in [0.2, 0.25) is 0 Å². The molecule has 0 spiro atoms. The van der Waals surface area contributed by atoms with E-state index < -0.39 is 0 Å². The average molecular weight is 283 g/mol. The molecule has 1 aromatic carbocycles. The lowest BCUT2D eigenvalue weighted by molar-refractivity contribution is 0.414. The molecule has 6 heteroatoms. The van der Waals surface area contributed by atoms with Gasteiger partial charge < -0.3 is 10.5 Å². The van der Waals surface area contributed by atoms with Crippen molar-refractivity contribution < 1.29 is 4.74 Å². The van der Waals surface area contributed by atoms with Crippen LogP contribution >= 0.6 is 0 Å². The molecule has 0 atom stereocenters. The molecule has 3 aromatic rings. The third kappa shape index (κ3) is 2.60. The molecule has 21 heavy (non-hydrogen) atoms. The number of rotatable bonds is 4. The maximum atomic E-state index is 6.19. The fourth-order valence-corrected chi connectivity index (χ4v) is 2.21. The third-order valence-electron chi connectivity index (χ3n) is 3.39. The van der Waals surface area contributed by atoms with Crippen molar-refractivity contribution in [2.45, 2.75) is 6.54 Å². The Morgan fingerprint density at radius 2 is 1.90 bits per heavy atom. The van der Waals surface area contributed by atoms with Crippen LogP contribution in [-0.4, -0.2) is 26.7 Å². The Bertz CT molecular complexity index is 742. The number of nitrogen functional groups attached to an aromatic ring is 1. The molecule has 0 aliphatic carbocycles. The second kappa shape index (κ2) is 5.32. The largest absolute Gasteiger partial charge is 0.497 e. The van der Waals surface area contributed by atoms with E-state index in [1.165, 1.54) is 0 Å². The van der Waals surface area contributed by atoms with Gasteiger partial charge in [0, 0.05) is 24.4 Å². The Labute approximate surface area is 122 Å². The zero-order valence-corrected chi connectivity index (χ0v) is 12.0. The summed E-state index contributed by atoms with van der Waals surface area (Å²) in [6.07, 6.45) is 5.48. The number of ether oxygens (including phenoxy) is 1. The number of hydrogen-bond acceptors (Lipinski definition) is 4. The smallest absolute Gasteiger partial charge is 0.130 e. The number of aromatic nitrogens is 4. The van der Waals surface area contributed by atoms with E-state index in [4.69, 9.17) is 10.5 Å². The zero-order valence-electron chi connectivity index (χ0n) is 12.0. The summed E-state index contributed by atoms with van der Waals surface area (Å²) >= 11 is 0. The molecule has 0 saturated carbocycles. The first-order chi connectivity index (χ1) is 10.2. The van der Waals surface area contributed by atoms with Crippen LogP contribution in [0, 0.1) is 0 Å². The van der Waals surface area contributed by atoms with Crippen LogP contribution < -0.4 is 10.5 Å². The highest BCUT2D eigenvalue weighted by molar-refractivity contribution is 5.72. The number of aryl methyl sites for hydroxylation is 1. The Morgan fingerprint density at radius 1 is 1.14 bits per heavy atom. The number of benzene rings is 1. The summed E-state index contributed by atoms with van der Waals surface area (Å²) in [4.78, 5) is 0. The summed E-state index contributed by atoms with van der Waals surface area (Å²) in [6.45, 7) is 0.621. The fourth-order valence-electron chi connectivity index (χ4n) is 2.21. The van der Waals surface area contributed by atoms with E-state index in [1.807, 2.05) is 37.5 Å². The second-order valence-corrected chi connectivity index (χ2v) is 4.85. The van der Waals surface area contributed by atoms with Crippen LogP contribution in [0.1, 0.15) is 5.56 Å². The van der Waals surface area contributed by atoms with E-state index in [-0.39, 0.29) is 0 Å². The van der Waals surface area contributed by atoms with Gasteiger partial charge in [-0.15, -0.1) is 0 Å². The van der Waals surface area contributed by atoms with E-state index in [2.05, 4.69) is 10.2 Å². The number of hydrogen-bond donors (Lipinski definition) is 1. The van der Waals surface area contributed by atoms with Gasteiger partial charge in [0.05, 0.1) is 26.0 Å². The Kier molecular flexibility index (Phi) is 3.35. The van der Waals surface area contributed by atoms with Crippen molar-refractivity contribution in [2.75, 3.05) is 12.8 Å². The maximum Gasteiger partial charge on any atom is 0.130 e. The zero-order chi connectivity index (χ0) is 14.8. The Balaban J connectivity index is 1.84. The van der Waals surface area contributed by atoms with Crippen molar-refractivity contribution in [1.29, 1.82) is 0 Å². The first-order valence-corrected chi connectivity index (χ1v) is 6.60. The van der Waals surface area contributed by atoms with Crippen molar-refractivity contribution >= 4 is 5.82 Å². The van der Waals surface area contributed by atoms with E-state index in [0.29, 0.717) is 12.4 Å². The maximum absolute atomic E-state index is 6.19. The van der Waals surface area contributed by atoms with E-state index in [1.54, 1.807) is 28.9 Å². The van der Waals surface area contributed by atoms with E-state index in [9.17, 15) is 0 Å². The molecule has 6 nitrogen and oxygen atoms in total. The molecular formula is C15H17N5O. The van der Waals surface area contributed by atoms with Crippen LogP contribution in [-0.2, 0) is 13.6 Å². The van der Waals surface area contributed by atoms with Gasteiger partial charge in [-0.25, -0.2) is 4.68 Å². The van der Waals surface area contributed by atoms with Crippen molar-refractivity contribution in [1.82, 2.24) is 19.6 Å². The molecule has 0 radical (unpaired) electrons. The van der Waals surface area contributed by atoms with Crippen LogP contribution in [0.3, 0.4) is 0 Å². The average Bonchev–Trinajstić information content (AvgIpc) is 3.07. The van der Waals surface area contributed by atoms with Crippen molar-refractivity contribution in [3.63, 3.8) is 0 Å². The predicted molar refractivity (Wildman–Crippen MR) is 80.9 cm³/mol. The summed E-state index contributed by atoms with van der Waals surface area (Å²) in [5.74, 6) is 1.47. The van der Waals surface area contributed by atoms with Gasteiger partial charge in [-0.1, -0.05) is 12.1 Å². The van der Waals surface area contributed by atoms with Crippen LogP contribution in [0.4, 0.5) is 5.82 Å². The van der Waals surface area contributed by atoms with Crippen molar-refractivity contribution in [2.24, 2.45) is 7.05 Å². The molecule has 0 fully saturated rings. The lowest BCUT2D eigenvalue weighted by Gasteiger charge is -2.06. The highest BCUT2D eigenvalue weighted by Gasteiger charge is 2.11. The molecule has 0 aliphatic rings. The normalized spacial score (nSPS) is 10.8. The minimum absolute atomic E-state index is 0.621. The molecular weight excluding hydrogens is 266 g/mol. The number of nitrogens with two attached hydrogens (primary N) is 1. The second-order valence-electron chi connectivity index (χ2n) is 4.85. The first-order valence-electron chi connectivity index (χ1n) is 6.60. The van der Waals surface area contributed by atoms with Crippen LogP contribution in [0.15, 0.2) is 42.9 Å². The molecule has 2 aromatic heterocycles. The van der Waals surface area contributed by atoms with Gasteiger partial charge in [-0.2, -0.15) is 10.2 Å². The molecule has 2 heterocycles. The molecule has 0 unspecified atom stereocenters. The third-order valence-corrected chi connectivity index (χ3v) is 3.39.